The minimum absolute atomic E-state index is 0.118. The van der Waals surface area contributed by atoms with Gasteiger partial charge in [0.25, 0.3) is 0 Å². The maximum atomic E-state index is 11.8. The van der Waals surface area contributed by atoms with Crippen LogP contribution in [-0.4, -0.2) is 18.2 Å². The number of hydrogen-bond donors (Lipinski definition) is 2. The zero-order valence-corrected chi connectivity index (χ0v) is 16.0. The first-order valence-corrected chi connectivity index (χ1v) is 10.5. The predicted octanol–water partition coefficient (Wildman–Crippen LogP) is 5.40. The fourth-order valence-electron chi connectivity index (χ4n) is 2.60. The third kappa shape index (κ3) is 11.4. The molecule has 1 aromatic carbocycles. The number of thioether (sulfide) groups is 1. The van der Waals surface area contributed by atoms with Gasteiger partial charge in [-0.3, -0.25) is 4.79 Å². The predicted molar refractivity (Wildman–Crippen MR) is 106 cm³/mol. The second kappa shape index (κ2) is 14.2. The van der Waals surface area contributed by atoms with Crippen LogP contribution in [0.1, 0.15) is 71.1 Å². The molecular weight excluding hydrogens is 316 g/mol. The van der Waals surface area contributed by atoms with Crippen molar-refractivity contribution < 1.29 is 4.79 Å². The van der Waals surface area contributed by atoms with Gasteiger partial charge in [-0.25, -0.2) is 0 Å². The van der Waals surface area contributed by atoms with Crippen molar-refractivity contribution in [3.63, 3.8) is 0 Å². The van der Waals surface area contributed by atoms with Gasteiger partial charge >= 0.3 is 0 Å². The van der Waals surface area contributed by atoms with Gasteiger partial charge in [-0.1, -0.05) is 64.7 Å². The molecule has 0 radical (unpaired) electrons. The number of nitrogen functional groups attached to an aromatic ring is 1. The van der Waals surface area contributed by atoms with Gasteiger partial charge < -0.3 is 11.1 Å². The Kier molecular flexibility index (Phi) is 12.4. The monoisotopic (exact) mass is 350 g/mol. The first-order chi connectivity index (χ1) is 11.7. The average Bonchev–Trinajstić information content (AvgIpc) is 2.59. The third-order valence-corrected chi connectivity index (χ3v) is 5.11. The van der Waals surface area contributed by atoms with Gasteiger partial charge in [-0.2, -0.15) is 0 Å². The van der Waals surface area contributed by atoms with E-state index >= 15 is 0 Å². The Labute approximate surface area is 152 Å². The molecule has 0 fully saturated rings. The number of hydrogen-bond acceptors (Lipinski definition) is 3. The molecule has 3 N–H and O–H groups in total. The van der Waals surface area contributed by atoms with E-state index in [-0.39, 0.29) is 5.91 Å². The first-order valence-electron chi connectivity index (χ1n) is 9.47. The molecule has 0 bridgehead atoms. The number of carbonyl (C=O) groups excluding carboxylic acids is 1. The van der Waals surface area contributed by atoms with Crippen LogP contribution in [0.3, 0.4) is 0 Å². The highest BCUT2D eigenvalue weighted by Crippen LogP contribution is 2.18. The van der Waals surface area contributed by atoms with Crippen LogP contribution in [-0.2, 0) is 4.79 Å². The van der Waals surface area contributed by atoms with E-state index in [1.807, 2.05) is 24.3 Å². The molecule has 0 spiro atoms. The Hall–Kier alpha value is -1.16. The highest BCUT2D eigenvalue weighted by molar-refractivity contribution is 8.00. The van der Waals surface area contributed by atoms with Crippen molar-refractivity contribution in [2.75, 3.05) is 18.0 Å². The Morgan fingerprint density at radius 1 is 0.917 bits per heavy atom. The number of unbranched alkanes of at least 4 members (excludes halogenated alkanes) is 9. The first kappa shape index (κ1) is 20.9. The molecule has 0 aromatic heterocycles. The van der Waals surface area contributed by atoms with Crippen LogP contribution in [0.5, 0.6) is 0 Å². The van der Waals surface area contributed by atoms with E-state index in [9.17, 15) is 4.79 Å². The van der Waals surface area contributed by atoms with Crippen LogP contribution >= 0.6 is 11.8 Å². The Morgan fingerprint density at radius 3 is 2.04 bits per heavy atom. The molecule has 0 heterocycles. The summed E-state index contributed by atoms with van der Waals surface area (Å²) in [7, 11) is 0. The maximum Gasteiger partial charge on any atom is 0.230 e. The fourth-order valence-corrected chi connectivity index (χ4v) is 3.33. The van der Waals surface area contributed by atoms with E-state index in [0.717, 1.165) is 23.5 Å². The summed E-state index contributed by atoms with van der Waals surface area (Å²) >= 11 is 1.55. The van der Waals surface area contributed by atoms with Gasteiger partial charge in [0, 0.05) is 17.1 Å². The molecule has 136 valence electrons. The van der Waals surface area contributed by atoms with Crippen molar-refractivity contribution in [3.8, 4) is 0 Å². The molecule has 0 saturated carbocycles. The van der Waals surface area contributed by atoms with Crippen LogP contribution in [0.25, 0.3) is 0 Å². The summed E-state index contributed by atoms with van der Waals surface area (Å²) in [4.78, 5) is 12.9. The number of nitrogens with one attached hydrogen (secondary N) is 1. The van der Waals surface area contributed by atoms with Crippen molar-refractivity contribution in [2.45, 2.75) is 76.0 Å². The fraction of sp³-hybridized carbons (Fsp3) is 0.650. The van der Waals surface area contributed by atoms with Crippen LogP contribution in [0, 0.1) is 0 Å². The molecule has 1 aromatic rings. The summed E-state index contributed by atoms with van der Waals surface area (Å²) < 4.78 is 0. The van der Waals surface area contributed by atoms with Gasteiger partial charge in [-0.05, 0) is 30.7 Å². The SMILES string of the molecule is CCCCCCCCCCCCNC(=O)CSc1ccc(N)cc1. The van der Waals surface area contributed by atoms with Crippen molar-refractivity contribution in [1.82, 2.24) is 5.32 Å². The third-order valence-electron chi connectivity index (χ3n) is 4.10. The summed E-state index contributed by atoms with van der Waals surface area (Å²) in [6, 6.07) is 7.64. The van der Waals surface area contributed by atoms with Crippen molar-refractivity contribution in [3.05, 3.63) is 24.3 Å². The quantitative estimate of drug-likeness (QED) is 0.268. The number of rotatable bonds is 14. The minimum Gasteiger partial charge on any atom is -0.399 e. The van der Waals surface area contributed by atoms with Gasteiger partial charge in [0.1, 0.15) is 0 Å². The minimum atomic E-state index is 0.118. The largest absolute Gasteiger partial charge is 0.399 e. The van der Waals surface area contributed by atoms with Gasteiger partial charge in [0.15, 0.2) is 0 Å². The molecule has 1 rings (SSSR count). The number of nitrogens with two attached hydrogens (primary N) is 1. The summed E-state index contributed by atoms with van der Waals surface area (Å²) in [6.45, 7) is 3.06. The van der Waals surface area contributed by atoms with E-state index in [2.05, 4.69) is 12.2 Å². The summed E-state index contributed by atoms with van der Waals surface area (Å²) in [5.41, 5.74) is 6.40. The Balaban J connectivity index is 1.88. The lowest BCUT2D eigenvalue weighted by molar-refractivity contribution is -0.118. The number of carbonyl (C=O) groups is 1. The molecule has 0 unspecified atom stereocenters. The lowest BCUT2D eigenvalue weighted by Crippen LogP contribution is -2.26. The van der Waals surface area contributed by atoms with Crippen molar-refractivity contribution in [2.24, 2.45) is 0 Å². The Morgan fingerprint density at radius 2 is 1.46 bits per heavy atom. The topological polar surface area (TPSA) is 55.1 Å². The lowest BCUT2D eigenvalue weighted by Gasteiger charge is -2.06. The zero-order chi connectivity index (χ0) is 17.5. The van der Waals surface area contributed by atoms with Gasteiger partial charge in [-0.15, -0.1) is 11.8 Å². The standard InChI is InChI=1S/C20H34N2OS/c1-2-3-4-5-6-7-8-9-10-11-16-22-20(23)17-24-19-14-12-18(21)13-15-19/h12-15H,2-11,16-17,21H2,1H3,(H,22,23). The van der Waals surface area contributed by atoms with E-state index in [1.54, 1.807) is 11.8 Å². The zero-order valence-electron chi connectivity index (χ0n) is 15.2. The van der Waals surface area contributed by atoms with Crippen LogP contribution in [0.4, 0.5) is 5.69 Å². The molecule has 1 amide bonds. The maximum absolute atomic E-state index is 11.8. The summed E-state index contributed by atoms with van der Waals surface area (Å²) in [5, 5.41) is 3.01. The van der Waals surface area contributed by atoms with E-state index < -0.39 is 0 Å². The molecule has 0 saturated heterocycles. The normalized spacial score (nSPS) is 10.7. The molecule has 0 aliphatic heterocycles. The number of anilines is 1. The van der Waals surface area contributed by atoms with Gasteiger partial charge in [0.05, 0.1) is 5.75 Å². The van der Waals surface area contributed by atoms with E-state index in [0.29, 0.717) is 5.75 Å². The highest BCUT2D eigenvalue weighted by Gasteiger charge is 2.02. The van der Waals surface area contributed by atoms with E-state index in [4.69, 9.17) is 5.73 Å². The second-order valence-electron chi connectivity index (χ2n) is 6.39. The van der Waals surface area contributed by atoms with Crippen LogP contribution < -0.4 is 11.1 Å². The van der Waals surface area contributed by atoms with Crippen molar-refractivity contribution >= 4 is 23.4 Å². The molecule has 0 aliphatic rings. The molecule has 4 heteroatoms. The summed E-state index contributed by atoms with van der Waals surface area (Å²) in [6.07, 6.45) is 13.2. The van der Waals surface area contributed by atoms with Crippen molar-refractivity contribution in [1.29, 1.82) is 0 Å². The van der Waals surface area contributed by atoms with Crippen LogP contribution in [0.15, 0.2) is 29.2 Å². The summed E-state index contributed by atoms with van der Waals surface area (Å²) in [5.74, 6) is 0.592. The molecule has 0 aliphatic carbocycles. The van der Waals surface area contributed by atoms with E-state index in [1.165, 1.54) is 57.8 Å². The number of benzene rings is 1. The molecule has 3 nitrogen and oxygen atoms in total. The highest BCUT2D eigenvalue weighted by atomic mass is 32.2. The Bertz CT molecular complexity index is 434. The smallest absolute Gasteiger partial charge is 0.230 e. The number of amides is 1. The molecular formula is C20H34N2OS. The lowest BCUT2D eigenvalue weighted by atomic mass is 10.1. The molecule has 24 heavy (non-hydrogen) atoms. The average molecular weight is 351 g/mol. The second-order valence-corrected chi connectivity index (χ2v) is 7.44. The van der Waals surface area contributed by atoms with Gasteiger partial charge in [0.2, 0.25) is 5.91 Å². The van der Waals surface area contributed by atoms with Crippen LogP contribution in [0.2, 0.25) is 0 Å². The molecule has 0 atom stereocenters.